The van der Waals surface area contributed by atoms with Crippen molar-refractivity contribution in [3.63, 3.8) is 0 Å². The summed E-state index contributed by atoms with van der Waals surface area (Å²) in [5, 5.41) is 10.5. The number of aliphatic hydroxyl groups excluding tert-OH is 1. The number of aliphatic hydroxyl groups is 1. The van der Waals surface area contributed by atoms with Gasteiger partial charge in [0.1, 0.15) is 0 Å². The van der Waals surface area contributed by atoms with Gasteiger partial charge in [0.15, 0.2) is 0 Å². The van der Waals surface area contributed by atoms with Gasteiger partial charge in [-0.3, -0.25) is 0 Å². The lowest BCUT2D eigenvalue weighted by Gasteiger charge is -2.20. The van der Waals surface area contributed by atoms with Crippen LogP contribution in [0.1, 0.15) is 24.4 Å². The van der Waals surface area contributed by atoms with E-state index in [1.165, 1.54) is 0 Å². The minimum Gasteiger partial charge on any atom is -0.398 e. The summed E-state index contributed by atoms with van der Waals surface area (Å²) in [5.74, 6) is 0.332. The van der Waals surface area contributed by atoms with Crippen LogP contribution >= 0.6 is 11.6 Å². The number of hydrogen-bond acceptors (Lipinski definition) is 3. The van der Waals surface area contributed by atoms with Crippen LogP contribution < -0.4 is 11.5 Å². The Labute approximate surface area is 94.0 Å². The molecule has 0 aliphatic heterocycles. The van der Waals surface area contributed by atoms with Gasteiger partial charge in [-0.2, -0.15) is 0 Å². The zero-order chi connectivity index (χ0) is 11.0. The summed E-state index contributed by atoms with van der Waals surface area (Å²) < 4.78 is 0. The first-order valence-electron chi connectivity index (χ1n) is 5.08. The van der Waals surface area contributed by atoms with Crippen molar-refractivity contribution in [2.45, 2.75) is 25.0 Å². The first-order chi connectivity index (χ1) is 7.09. The Kier molecular flexibility index (Phi) is 2.87. The fourth-order valence-electron chi connectivity index (χ4n) is 1.75. The van der Waals surface area contributed by atoms with E-state index in [2.05, 4.69) is 0 Å². The molecular weight excluding hydrogens is 212 g/mol. The molecule has 1 aromatic carbocycles. The highest BCUT2D eigenvalue weighted by Crippen LogP contribution is 2.38. The third kappa shape index (κ3) is 2.25. The third-order valence-corrected chi connectivity index (χ3v) is 3.12. The molecule has 1 aromatic rings. The molecule has 1 saturated carbocycles. The van der Waals surface area contributed by atoms with E-state index < -0.39 is 12.1 Å². The first-order valence-corrected chi connectivity index (χ1v) is 5.46. The maximum absolute atomic E-state index is 9.90. The summed E-state index contributed by atoms with van der Waals surface area (Å²) >= 11 is 5.87. The van der Waals surface area contributed by atoms with Gasteiger partial charge < -0.3 is 16.6 Å². The number of anilines is 1. The number of nitrogen functional groups attached to an aromatic ring is 1. The van der Waals surface area contributed by atoms with Gasteiger partial charge in [-0.1, -0.05) is 11.6 Å². The summed E-state index contributed by atoms with van der Waals surface area (Å²) in [7, 11) is 0. The minimum absolute atomic E-state index is 0.332. The van der Waals surface area contributed by atoms with E-state index in [0.717, 1.165) is 18.4 Å². The van der Waals surface area contributed by atoms with E-state index in [0.29, 0.717) is 16.6 Å². The van der Waals surface area contributed by atoms with E-state index >= 15 is 0 Å². The molecule has 15 heavy (non-hydrogen) atoms. The summed E-state index contributed by atoms with van der Waals surface area (Å²) in [5.41, 5.74) is 13.1. The zero-order valence-corrected chi connectivity index (χ0v) is 9.11. The van der Waals surface area contributed by atoms with E-state index in [4.69, 9.17) is 23.1 Å². The third-order valence-electron chi connectivity index (χ3n) is 2.88. The molecule has 3 nitrogen and oxygen atoms in total. The number of nitrogens with two attached hydrogens (primary N) is 2. The number of hydrogen-bond donors (Lipinski definition) is 3. The topological polar surface area (TPSA) is 72.3 Å². The fraction of sp³-hybridized carbons (Fsp3) is 0.455. The van der Waals surface area contributed by atoms with Crippen LogP contribution in [0.25, 0.3) is 0 Å². The second-order valence-electron chi connectivity index (χ2n) is 4.13. The van der Waals surface area contributed by atoms with Crippen LogP contribution in [-0.2, 0) is 0 Å². The van der Waals surface area contributed by atoms with Crippen LogP contribution in [0.3, 0.4) is 0 Å². The molecule has 2 rings (SSSR count). The monoisotopic (exact) mass is 226 g/mol. The Morgan fingerprint density at radius 3 is 2.67 bits per heavy atom. The van der Waals surface area contributed by atoms with Crippen LogP contribution in [0.2, 0.25) is 5.02 Å². The minimum atomic E-state index is -0.509. The largest absolute Gasteiger partial charge is 0.398 e. The average molecular weight is 227 g/mol. The van der Waals surface area contributed by atoms with Gasteiger partial charge in [0.05, 0.1) is 12.1 Å². The van der Waals surface area contributed by atoms with Gasteiger partial charge >= 0.3 is 0 Å². The quantitative estimate of drug-likeness (QED) is 0.687. The molecule has 1 aliphatic carbocycles. The van der Waals surface area contributed by atoms with Crippen molar-refractivity contribution in [2.24, 2.45) is 11.7 Å². The van der Waals surface area contributed by atoms with Crippen LogP contribution in [0, 0.1) is 5.92 Å². The molecule has 0 unspecified atom stereocenters. The Bertz CT molecular complexity index is 366. The highest BCUT2D eigenvalue weighted by Gasteiger charge is 2.34. The van der Waals surface area contributed by atoms with E-state index in [9.17, 15) is 5.11 Å². The summed E-state index contributed by atoms with van der Waals surface area (Å²) in [6, 6.07) is 4.73. The van der Waals surface area contributed by atoms with Crippen molar-refractivity contribution in [1.82, 2.24) is 0 Å². The molecule has 0 radical (unpaired) electrons. The standard InChI is InChI=1S/C11H15ClN2O/c12-7-3-4-9(13)8(5-7)10(14)11(15)6-1-2-6/h3-6,10-11,15H,1-2,13-14H2/t10-,11+/m1/s1. The Morgan fingerprint density at radius 1 is 1.40 bits per heavy atom. The maximum Gasteiger partial charge on any atom is 0.0761 e. The average Bonchev–Trinajstić information content (AvgIpc) is 3.03. The van der Waals surface area contributed by atoms with Gasteiger partial charge in [0.25, 0.3) is 0 Å². The molecule has 0 amide bonds. The van der Waals surface area contributed by atoms with E-state index in [1.54, 1.807) is 18.2 Å². The van der Waals surface area contributed by atoms with Crippen molar-refractivity contribution in [1.29, 1.82) is 0 Å². The molecule has 1 fully saturated rings. The fourth-order valence-corrected chi connectivity index (χ4v) is 1.93. The molecule has 4 heteroatoms. The van der Waals surface area contributed by atoms with Crippen molar-refractivity contribution < 1.29 is 5.11 Å². The van der Waals surface area contributed by atoms with Crippen molar-refractivity contribution >= 4 is 17.3 Å². The van der Waals surface area contributed by atoms with Crippen molar-refractivity contribution in [2.75, 3.05) is 5.73 Å². The molecule has 0 heterocycles. The van der Waals surface area contributed by atoms with Crippen molar-refractivity contribution in [3.8, 4) is 0 Å². The van der Waals surface area contributed by atoms with Crippen LogP contribution in [0.4, 0.5) is 5.69 Å². The molecule has 0 bridgehead atoms. The molecule has 0 saturated heterocycles. The summed E-state index contributed by atoms with van der Waals surface area (Å²) in [4.78, 5) is 0. The van der Waals surface area contributed by atoms with Gasteiger partial charge in [-0.15, -0.1) is 0 Å². The zero-order valence-electron chi connectivity index (χ0n) is 8.36. The first kappa shape index (κ1) is 10.7. The summed E-state index contributed by atoms with van der Waals surface area (Å²) in [6.07, 6.45) is 1.59. The number of rotatable bonds is 3. The maximum atomic E-state index is 9.90. The highest BCUT2D eigenvalue weighted by atomic mass is 35.5. The van der Waals surface area contributed by atoms with Gasteiger partial charge in [-0.25, -0.2) is 0 Å². The van der Waals surface area contributed by atoms with Crippen LogP contribution in [0.15, 0.2) is 18.2 Å². The molecule has 2 atom stereocenters. The van der Waals surface area contributed by atoms with Gasteiger partial charge in [-0.05, 0) is 42.5 Å². The molecule has 5 N–H and O–H groups in total. The van der Waals surface area contributed by atoms with Gasteiger partial charge in [0, 0.05) is 10.7 Å². The van der Waals surface area contributed by atoms with E-state index in [1.807, 2.05) is 0 Å². The SMILES string of the molecule is Nc1ccc(Cl)cc1[C@@H](N)[C@@H](O)C1CC1. The normalized spacial score (nSPS) is 19.9. The smallest absolute Gasteiger partial charge is 0.0761 e. The Hall–Kier alpha value is -0.770. The van der Waals surface area contributed by atoms with Crippen LogP contribution in [0.5, 0.6) is 0 Å². The molecule has 82 valence electrons. The molecule has 0 aromatic heterocycles. The van der Waals surface area contributed by atoms with Gasteiger partial charge in [0.2, 0.25) is 0 Å². The van der Waals surface area contributed by atoms with E-state index in [-0.39, 0.29) is 0 Å². The number of benzene rings is 1. The second-order valence-corrected chi connectivity index (χ2v) is 4.56. The predicted molar refractivity (Wildman–Crippen MR) is 61.5 cm³/mol. The Balaban J connectivity index is 2.23. The lowest BCUT2D eigenvalue weighted by molar-refractivity contribution is 0.122. The van der Waals surface area contributed by atoms with Crippen LogP contribution in [-0.4, -0.2) is 11.2 Å². The number of halogens is 1. The lowest BCUT2D eigenvalue weighted by Crippen LogP contribution is -2.28. The lowest BCUT2D eigenvalue weighted by atomic mass is 9.98. The molecule has 0 spiro atoms. The second kappa shape index (κ2) is 4.00. The summed E-state index contributed by atoms with van der Waals surface area (Å²) in [6.45, 7) is 0. The Morgan fingerprint density at radius 2 is 2.07 bits per heavy atom. The highest BCUT2D eigenvalue weighted by molar-refractivity contribution is 6.30. The van der Waals surface area contributed by atoms with Crippen molar-refractivity contribution in [3.05, 3.63) is 28.8 Å². The molecular formula is C11H15ClN2O. The predicted octanol–water partition coefficient (Wildman–Crippen LogP) is 1.69. The molecule has 1 aliphatic rings.